The van der Waals surface area contributed by atoms with Gasteiger partial charge < -0.3 is 28.7 Å². The van der Waals surface area contributed by atoms with Crippen molar-refractivity contribution < 1.29 is 41.8 Å². The summed E-state index contributed by atoms with van der Waals surface area (Å²) in [4.78, 5) is 13.5. The van der Waals surface area contributed by atoms with Gasteiger partial charge in [-0.3, -0.25) is 4.79 Å². The molecular formula is C22H27F3N2O6. The van der Waals surface area contributed by atoms with Gasteiger partial charge in [-0.2, -0.15) is 13.2 Å². The van der Waals surface area contributed by atoms with Crippen LogP contribution in [0.25, 0.3) is 11.0 Å². The van der Waals surface area contributed by atoms with Crippen molar-refractivity contribution in [3.05, 3.63) is 18.2 Å². The van der Waals surface area contributed by atoms with Crippen LogP contribution in [0, 0.1) is 11.8 Å². The summed E-state index contributed by atoms with van der Waals surface area (Å²) in [7, 11) is 0. The summed E-state index contributed by atoms with van der Waals surface area (Å²) in [5, 5.41) is 13.4. The highest BCUT2D eigenvalue weighted by Crippen LogP contribution is 2.35. The first-order chi connectivity index (χ1) is 15.8. The van der Waals surface area contributed by atoms with E-state index < -0.39 is 18.8 Å². The number of nitrogens with zero attached hydrogens (tertiary/aromatic N) is 2. The van der Waals surface area contributed by atoms with Crippen LogP contribution in [0.3, 0.4) is 0 Å². The van der Waals surface area contributed by atoms with Crippen LogP contribution in [0.4, 0.5) is 13.2 Å². The van der Waals surface area contributed by atoms with E-state index in [0.717, 1.165) is 25.9 Å². The van der Waals surface area contributed by atoms with Gasteiger partial charge in [0.1, 0.15) is 11.1 Å². The molecule has 0 aliphatic carbocycles. The van der Waals surface area contributed by atoms with Crippen molar-refractivity contribution in [3.8, 4) is 11.6 Å². The predicted octanol–water partition coefficient (Wildman–Crippen LogP) is 3.74. The molecule has 0 spiro atoms. The largest absolute Gasteiger partial charge is 0.483 e. The van der Waals surface area contributed by atoms with Crippen molar-refractivity contribution in [2.45, 2.75) is 38.0 Å². The van der Waals surface area contributed by atoms with E-state index in [1.165, 1.54) is 12.1 Å². The number of carboxylic acids is 1. The molecule has 0 radical (unpaired) electrons. The molecule has 2 atom stereocenters. The maximum atomic E-state index is 12.6. The van der Waals surface area contributed by atoms with Gasteiger partial charge in [-0.25, -0.2) is 0 Å². The molecule has 33 heavy (non-hydrogen) atoms. The molecule has 2 fully saturated rings. The Morgan fingerprint density at radius 3 is 2.73 bits per heavy atom. The number of hydrogen-bond donors (Lipinski definition) is 1. The lowest BCUT2D eigenvalue weighted by atomic mass is 9.94. The number of ether oxygens (including phenoxy) is 3. The highest BCUT2D eigenvalue weighted by molar-refractivity contribution is 5.88. The first-order valence-electron chi connectivity index (χ1n) is 11.1. The number of benzene rings is 1. The summed E-state index contributed by atoms with van der Waals surface area (Å²) < 4.78 is 59.4. The number of piperidine rings is 1. The van der Waals surface area contributed by atoms with Crippen LogP contribution in [0.15, 0.2) is 22.7 Å². The lowest BCUT2D eigenvalue weighted by Crippen LogP contribution is -2.43. The van der Waals surface area contributed by atoms with Gasteiger partial charge >= 0.3 is 12.1 Å². The van der Waals surface area contributed by atoms with Gasteiger partial charge in [0.2, 0.25) is 0 Å². The zero-order chi connectivity index (χ0) is 23.4. The molecule has 2 saturated heterocycles. The first-order valence-corrected chi connectivity index (χ1v) is 11.1. The van der Waals surface area contributed by atoms with Crippen LogP contribution < -0.4 is 9.47 Å². The molecule has 4 rings (SSSR count). The van der Waals surface area contributed by atoms with Crippen LogP contribution in [0.2, 0.25) is 0 Å². The number of alkyl halides is 3. The van der Waals surface area contributed by atoms with E-state index in [2.05, 4.69) is 10.1 Å². The molecule has 11 heteroatoms. The second kappa shape index (κ2) is 10.2. The van der Waals surface area contributed by atoms with Gasteiger partial charge in [0.05, 0.1) is 18.6 Å². The van der Waals surface area contributed by atoms with Crippen LogP contribution >= 0.6 is 0 Å². The minimum atomic E-state index is -4.45. The average molecular weight is 472 g/mol. The minimum absolute atomic E-state index is 0.0167. The molecule has 0 amide bonds. The Morgan fingerprint density at radius 1 is 1.21 bits per heavy atom. The number of carboxylic acid groups (broad SMARTS) is 1. The summed E-state index contributed by atoms with van der Waals surface area (Å²) in [5.74, 6) is -0.692. The molecule has 1 aromatic heterocycles. The van der Waals surface area contributed by atoms with Crippen LogP contribution in [-0.2, 0) is 9.53 Å². The van der Waals surface area contributed by atoms with E-state index in [1.54, 1.807) is 6.07 Å². The lowest BCUT2D eigenvalue weighted by molar-refractivity contribution is -0.153. The Labute approximate surface area is 188 Å². The van der Waals surface area contributed by atoms with Gasteiger partial charge in [0.25, 0.3) is 5.88 Å². The van der Waals surface area contributed by atoms with Gasteiger partial charge in [-0.1, -0.05) is 6.07 Å². The SMILES string of the molecule is O=C(O)C1CCOC(CN2CCC(COc3noc4cccc(OCC(F)(F)F)c34)CC2)C1. The number of rotatable bonds is 8. The minimum Gasteiger partial charge on any atom is -0.483 e. The monoisotopic (exact) mass is 472 g/mol. The third-order valence-corrected chi connectivity index (χ3v) is 6.16. The summed E-state index contributed by atoms with van der Waals surface area (Å²) >= 11 is 0. The van der Waals surface area contributed by atoms with Crippen molar-refractivity contribution >= 4 is 16.9 Å². The maximum Gasteiger partial charge on any atom is 0.422 e. The zero-order valence-electron chi connectivity index (χ0n) is 18.1. The second-order valence-corrected chi connectivity index (χ2v) is 8.63. The number of halogens is 3. The predicted molar refractivity (Wildman–Crippen MR) is 110 cm³/mol. The molecule has 2 unspecified atom stereocenters. The summed E-state index contributed by atoms with van der Waals surface area (Å²) in [5.41, 5.74) is 0.298. The highest BCUT2D eigenvalue weighted by Gasteiger charge is 2.31. The van der Waals surface area contributed by atoms with Crippen molar-refractivity contribution in [1.29, 1.82) is 0 Å². The lowest BCUT2D eigenvalue weighted by Gasteiger charge is -2.36. The van der Waals surface area contributed by atoms with Crippen LogP contribution in [-0.4, -0.2) is 72.9 Å². The number of fused-ring (bicyclic) bond motifs is 1. The van der Waals surface area contributed by atoms with Gasteiger partial charge in [-0.15, -0.1) is 0 Å². The molecule has 8 nitrogen and oxygen atoms in total. The van der Waals surface area contributed by atoms with E-state index in [1.807, 2.05) is 0 Å². The van der Waals surface area contributed by atoms with Crippen molar-refractivity contribution in [3.63, 3.8) is 0 Å². The molecular weight excluding hydrogens is 445 g/mol. The Balaban J connectivity index is 1.27. The van der Waals surface area contributed by atoms with E-state index in [9.17, 15) is 23.1 Å². The molecule has 0 saturated carbocycles. The molecule has 1 N–H and O–H groups in total. The third kappa shape index (κ3) is 6.29. The summed E-state index contributed by atoms with van der Waals surface area (Å²) in [6, 6.07) is 4.56. The number of likely N-dealkylation sites (tertiary alicyclic amines) is 1. The Bertz CT molecular complexity index is 942. The fraction of sp³-hybridized carbons (Fsp3) is 0.636. The number of aliphatic carboxylic acids is 1. The molecule has 2 aliphatic rings. The van der Waals surface area contributed by atoms with Crippen molar-refractivity contribution in [1.82, 2.24) is 10.1 Å². The number of carbonyl (C=O) groups is 1. The zero-order valence-corrected chi connectivity index (χ0v) is 18.1. The standard InChI is InChI=1S/C22H27F3N2O6/c23-22(24,25)13-32-17-2-1-3-18-19(17)20(26-33-18)31-12-14-4-7-27(8-5-14)11-16-10-15(21(28)29)6-9-30-16/h1-3,14-16H,4-13H2,(H,28,29). The normalized spacial score (nSPS) is 23.0. The Hall–Kier alpha value is -2.53. The average Bonchev–Trinajstić information content (AvgIpc) is 3.21. The topological polar surface area (TPSA) is 94.3 Å². The first kappa shape index (κ1) is 23.6. The van der Waals surface area contributed by atoms with Gasteiger partial charge in [0.15, 0.2) is 12.2 Å². The van der Waals surface area contributed by atoms with E-state index in [-0.39, 0.29) is 29.6 Å². The quantitative estimate of drug-likeness (QED) is 0.621. The third-order valence-electron chi connectivity index (χ3n) is 6.16. The van der Waals surface area contributed by atoms with E-state index in [4.69, 9.17) is 18.7 Å². The molecule has 3 heterocycles. The van der Waals surface area contributed by atoms with E-state index >= 15 is 0 Å². The smallest absolute Gasteiger partial charge is 0.422 e. The van der Waals surface area contributed by atoms with Crippen molar-refractivity contribution in [2.75, 3.05) is 39.5 Å². The van der Waals surface area contributed by atoms with E-state index in [0.29, 0.717) is 43.6 Å². The molecule has 1 aromatic carbocycles. The maximum absolute atomic E-state index is 12.6. The molecule has 182 valence electrons. The van der Waals surface area contributed by atoms with Crippen LogP contribution in [0.1, 0.15) is 25.7 Å². The van der Waals surface area contributed by atoms with Gasteiger partial charge in [-0.05, 0) is 62.0 Å². The molecule has 2 aliphatic heterocycles. The van der Waals surface area contributed by atoms with Crippen molar-refractivity contribution in [2.24, 2.45) is 11.8 Å². The van der Waals surface area contributed by atoms with Crippen LogP contribution in [0.5, 0.6) is 11.6 Å². The fourth-order valence-electron chi connectivity index (χ4n) is 4.36. The Kier molecular flexibility index (Phi) is 7.28. The number of hydrogen-bond acceptors (Lipinski definition) is 7. The molecule has 0 bridgehead atoms. The Morgan fingerprint density at radius 2 is 2.00 bits per heavy atom. The second-order valence-electron chi connectivity index (χ2n) is 8.63. The highest BCUT2D eigenvalue weighted by atomic mass is 19.4. The molecule has 2 aromatic rings. The summed E-state index contributed by atoms with van der Waals surface area (Å²) in [6.45, 7) is 1.82. The van der Waals surface area contributed by atoms with Gasteiger partial charge in [0, 0.05) is 13.2 Å². The number of aromatic nitrogens is 1. The summed E-state index contributed by atoms with van der Waals surface area (Å²) in [6.07, 6.45) is -1.67. The fourth-order valence-corrected chi connectivity index (χ4v) is 4.36.